The molecule has 0 aliphatic heterocycles. The van der Waals surface area contributed by atoms with Crippen LogP contribution in [0.3, 0.4) is 0 Å². The molecule has 1 aliphatic rings. The number of aliphatic hydroxyl groups is 1. The molecule has 2 aromatic heterocycles. The Morgan fingerprint density at radius 3 is 2.76 bits per heavy atom. The van der Waals surface area contributed by atoms with Crippen LogP contribution in [0.2, 0.25) is 5.15 Å². The molecule has 0 saturated heterocycles. The molecule has 1 fully saturated rings. The van der Waals surface area contributed by atoms with Gasteiger partial charge in [-0.05, 0) is 44.7 Å². The molecule has 134 valence electrons. The quantitative estimate of drug-likeness (QED) is 0.800. The molecule has 25 heavy (non-hydrogen) atoms. The minimum atomic E-state index is -0.607. The van der Waals surface area contributed by atoms with Gasteiger partial charge < -0.3 is 15.2 Å². The molecule has 1 aliphatic carbocycles. The summed E-state index contributed by atoms with van der Waals surface area (Å²) in [6, 6.07) is 3.15. The van der Waals surface area contributed by atoms with Gasteiger partial charge in [0.2, 0.25) is 0 Å². The van der Waals surface area contributed by atoms with Crippen LogP contribution in [-0.2, 0) is 0 Å². The Balaban J connectivity index is 1.93. The van der Waals surface area contributed by atoms with Crippen LogP contribution in [0, 0.1) is 5.82 Å². The van der Waals surface area contributed by atoms with Gasteiger partial charge in [-0.1, -0.05) is 11.6 Å². The maximum absolute atomic E-state index is 14.0. The minimum absolute atomic E-state index is 0.0706. The summed E-state index contributed by atoms with van der Waals surface area (Å²) in [5, 5.41) is 13.9. The van der Waals surface area contributed by atoms with Crippen LogP contribution >= 0.6 is 11.6 Å². The van der Waals surface area contributed by atoms with E-state index in [-0.39, 0.29) is 11.8 Å². The largest absolute Gasteiger partial charge is 0.491 e. The number of anilines is 1. The van der Waals surface area contributed by atoms with Gasteiger partial charge in [0.15, 0.2) is 11.6 Å². The highest BCUT2D eigenvalue weighted by Crippen LogP contribution is 2.37. The monoisotopic (exact) mass is 365 g/mol. The van der Waals surface area contributed by atoms with Gasteiger partial charge in [-0.25, -0.2) is 9.37 Å². The second-order valence-corrected chi connectivity index (χ2v) is 7.03. The van der Waals surface area contributed by atoms with Gasteiger partial charge in [-0.15, -0.1) is 0 Å². The van der Waals surface area contributed by atoms with E-state index in [0.29, 0.717) is 16.4 Å². The Morgan fingerprint density at radius 1 is 1.36 bits per heavy atom. The number of nitrogens with zero attached hydrogens (tertiary/aromatic N) is 2. The van der Waals surface area contributed by atoms with Crippen LogP contribution in [0.15, 0.2) is 24.5 Å². The van der Waals surface area contributed by atoms with Crippen LogP contribution in [0.4, 0.5) is 10.1 Å². The first-order valence-electron chi connectivity index (χ1n) is 8.23. The molecule has 0 unspecified atom stereocenters. The second kappa shape index (κ2) is 7.14. The van der Waals surface area contributed by atoms with Crippen molar-refractivity contribution in [2.24, 2.45) is 0 Å². The lowest BCUT2D eigenvalue weighted by Gasteiger charge is -2.34. The Hall–Kier alpha value is -1.92. The van der Waals surface area contributed by atoms with Crippen molar-refractivity contribution in [2.75, 3.05) is 12.4 Å². The highest BCUT2D eigenvalue weighted by Gasteiger charge is 2.29. The van der Waals surface area contributed by atoms with E-state index in [4.69, 9.17) is 16.3 Å². The summed E-state index contributed by atoms with van der Waals surface area (Å²) in [6.07, 6.45) is 6.07. The molecule has 2 heterocycles. The highest BCUT2D eigenvalue weighted by atomic mass is 35.5. The van der Waals surface area contributed by atoms with Crippen molar-refractivity contribution in [3.63, 3.8) is 0 Å². The first-order chi connectivity index (χ1) is 11.9. The normalized spacial score (nSPS) is 23.3. The topological polar surface area (TPSA) is 67.3 Å². The predicted molar refractivity (Wildman–Crippen MR) is 95.5 cm³/mol. The fraction of sp³-hybridized carbons (Fsp3) is 0.444. The van der Waals surface area contributed by atoms with E-state index < -0.39 is 11.4 Å². The molecule has 2 aromatic rings. The van der Waals surface area contributed by atoms with Gasteiger partial charge in [0.25, 0.3) is 0 Å². The SMILES string of the molecule is COc1c(F)ccnc1-c1cnc(Cl)cc1NC1CCC(C)(O)CC1. The molecule has 3 rings (SSSR count). The van der Waals surface area contributed by atoms with Gasteiger partial charge in [0, 0.05) is 29.7 Å². The van der Waals surface area contributed by atoms with Crippen molar-refractivity contribution < 1.29 is 14.2 Å². The number of nitrogens with one attached hydrogen (secondary N) is 1. The van der Waals surface area contributed by atoms with Crippen LogP contribution in [0.25, 0.3) is 11.3 Å². The van der Waals surface area contributed by atoms with Crippen molar-refractivity contribution in [3.05, 3.63) is 35.5 Å². The van der Waals surface area contributed by atoms with Crippen LogP contribution in [0.5, 0.6) is 5.75 Å². The fourth-order valence-corrected chi connectivity index (χ4v) is 3.31. The third-order valence-electron chi connectivity index (χ3n) is 4.61. The number of hydrogen-bond acceptors (Lipinski definition) is 5. The lowest BCUT2D eigenvalue weighted by molar-refractivity contribution is 0.0196. The first kappa shape index (κ1) is 17.9. The molecule has 0 amide bonds. The number of methoxy groups -OCH3 is 1. The van der Waals surface area contributed by atoms with Gasteiger partial charge >= 0.3 is 0 Å². The summed E-state index contributed by atoms with van der Waals surface area (Å²) in [6.45, 7) is 1.86. The minimum Gasteiger partial charge on any atom is -0.491 e. The van der Waals surface area contributed by atoms with Crippen molar-refractivity contribution in [1.29, 1.82) is 0 Å². The van der Waals surface area contributed by atoms with Gasteiger partial charge in [-0.3, -0.25) is 4.98 Å². The van der Waals surface area contributed by atoms with E-state index in [1.54, 1.807) is 12.3 Å². The average Bonchev–Trinajstić information content (AvgIpc) is 2.57. The van der Waals surface area contributed by atoms with Crippen molar-refractivity contribution in [1.82, 2.24) is 9.97 Å². The second-order valence-electron chi connectivity index (χ2n) is 6.64. The molecular weight excluding hydrogens is 345 g/mol. The molecule has 0 bridgehead atoms. The Labute approximate surface area is 151 Å². The smallest absolute Gasteiger partial charge is 0.180 e. The summed E-state index contributed by atoms with van der Waals surface area (Å²) in [5.41, 5.74) is 1.11. The summed E-state index contributed by atoms with van der Waals surface area (Å²) >= 11 is 6.06. The summed E-state index contributed by atoms with van der Waals surface area (Å²) in [5.74, 6) is -0.414. The van der Waals surface area contributed by atoms with Crippen LogP contribution < -0.4 is 10.1 Å². The molecule has 0 spiro atoms. The lowest BCUT2D eigenvalue weighted by Crippen LogP contribution is -2.35. The Morgan fingerprint density at radius 2 is 2.08 bits per heavy atom. The van der Waals surface area contributed by atoms with E-state index >= 15 is 0 Å². The molecule has 2 N–H and O–H groups in total. The Kier molecular flexibility index (Phi) is 5.11. The summed E-state index contributed by atoms with van der Waals surface area (Å²) in [7, 11) is 1.41. The standard InChI is InChI=1S/C18H21ClFN3O2/c1-18(24)6-3-11(4-7-18)23-14-9-15(19)22-10-12(14)16-17(25-2)13(20)5-8-21-16/h5,8-11,24H,3-4,6-7H2,1-2H3,(H,22,23). The predicted octanol–water partition coefficient (Wildman–Crippen LogP) is 4.05. The average molecular weight is 366 g/mol. The zero-order chi connectivity index (χ0) is 18.0. The van der Waals surface area contributed by atoms with Crippen molar-refractivity contribution >= 4 is 17.3 Å². The number of pyridine rings is 2. The number of rotatable bonds is 4. The molecular formula is C18H21ClFN3O2. The van der Waals surface area contributed by atoms with Gasteiger partial charge in [0.1, 0.15) is 10.8 Å². The molecule has 0 atom stereocenters. The molecule has 0 radical (unpaired) electrons. The van der Waals surface area contributed by atoms with Gasteiger partial charge in [-0.2, -0.15) is 0 Å². The lowest BCUT2D eigenvalue weighted by atomic mass is 9.83. The maximum atomic E-state index is 14.0. The van der Waals surface area contributed by atoms with Crippen molar-refractivity contribution in [2.45, 2.75) is 44.2 Å². The van der Waals surface area contributed by atoms with E-state index in [0.717, 1.165) is 31.4 Å². The van der Waals surface area contributed by atoms with Crippen molar-refractivity contribution in [3.8, 4) is 17.0 Å². The Bertz CT molecular complexity index is 760. The number of aromatic nitrogens is 2. The zero-order valence-electron chi connectivity index (χ0n) is 14.2. The van der Waals surface area contributed by atoms with Gasteiger partial charge in [0.05, 0.1) is 12.7 Å². The molecule has 5 nitrogen and oxygen atoms in total. The first-order valence-corrected chi connectivity index (χ1v) is 8.61. The van der Waals surface area contributed by atoms with E-state index in [1.807, 2.05) is 6.92 Å². The van der Waals surface area contributed by atoms with Crippen LogP contribution in [0.1, 0.15) is 32.6 Å². The number of hydrogen-bond donors (Lipinski definition) is 2. The van der Waals surface area contributed by atoms with E-state index in [2.05, 4.69) is 15.3 Å². The molecule has 7 heteroatoms. The highest BCUT2D eigenvalue weighted by molar-refractivity contribution is 6.29. The third-order valence-corrected chi connectivity index (χ3v) is 4.82. The number of ether oxygens (including phenoxy) is 1. The summed E-state index contributed by atoms with van der Waals surface area (Å²) < 4.78 is 19.2. The van der Waals surface area contributed by atoms with Crippen LogP contribution in [-0.4, -0.2) is 33.8 Å². The fourth-order valence-electron chi connectivity index (χ4n) is 3.15. The van der Waals surface area contributed by atoms with E-state index in [9.17, 15) is 9.50 Å². The zero-order valence-corrected chi connectivity index (χ0v) is 15.0. The number of halogens is 2. The summed E-state index contributed by atoms with van der Waals surface area (Å²) in [4.78, 5) is 8.36. The molecule has 0 aromatic carbocycles. The maximum Gasteiger partial charge on any atom is 0.180 e. The van der Waals surface area contributed by atoms with E-state index in [1.165, 1.54) is 19.4 Å². The molecule has 1 saturated carbocycles. The third kappa shape index (κ3) is 4.02.